The Morgan fingerprint density at radius 1 is 1.79 bits per heavy atom. The van der Waals surface area contributed by atoms with Gasteiger partial charge in [-0.1, -0.05) is 0 Å². The van der Waals surface area contributed by atoms with E-state index in [0.29, 0.717) is 19.0 Å². The third kappa shape index (κ3) is 1.77. The Hall–Kier alpha value is -1.36. The summed E-state index contributed by atoms with van der Waals surface area (Å²) in [5.41, 5.74) is -0.485. The summed E-state index contributed by atoms with van der Waals surface area (Å²) in [6, 6.07) is 1.66. The van der Waals surface area contributed by atoms with E-state index >= 15 is 0 Å². The van der Waals surface area contributed by atoms with Gasteiger partial charge >= 0.3 is 5.69 Å². The van der Waals surface area contributed by atoms with Gasteiger partial charge in [-0.05, 0) is 6.92 Å². The molecule has 5 nitrogen and oxygen atoms in total. The molecule has 0 unspecified atom stereocenters. The van der Waals surface area contributed by atoms with Gasteiger partial charge in [0.25, 0.3) is 0 Å². The van der Waals surface area contributed by atoms with E-state index in [9.17, 15) is 4.79 Å². The maximum atomic E-state index is 11.4. The number of ether oxygens (including phenoxy) is 2. The summed E-state index contributed by atoms with van der Waals surface area (Å²) in [4.78, 5) is 15.2. The Morgan fingerprint density at radius 2 is 2.50 bits per heavy atom. The molecule has 1 atom stereocenters. The molecule has 0 radical (unpaired) electrons. The number of aromatic nitrogens is 2. The molecule has 5 heteroatoms. The molecule has 0 amide bonds. The minimum Gasteiger partial charge on any atom is -0.481 e. The predicted molar refractivity (Wildman–Crippen MR) is 49.4 cm³/mol. The minimum atomic E-state index is -0.305. The molecule has 1 aromatic heterocycles. The van der Waals surface area contributed by atoms with Crippen LogP contribution in [-0.2, 0) is 11.3 Å². The molecule has 1 aromatic rings. The Bertz CT molecular complexity index is 395. The van der Waals surface area contributed by atoms with Crippen LogP contribution in [0.4, 0.5) is 0 Å². The summed E-state index contributed by atoms with van der Waals surface area (Å²) in [7, 11) is 1.48. The summed E-state index contributed by atoms with van der Waals surface area (Å²) in [5.74, 6) is 0.341. The number of hydrogen-bond donors (Lipinski definition) is 0. The van der Waals surface area contributed by atoms with Crippen LogP contribution in [0.1, 0.15) is 6.92 Å². The third-order valence-corrected chi connectivity index (χ3v) is 2.20. The van der Waals surface area contributed by atoms with Crippen LogP contribution in [0.3, 0.4) is 0 Å². The normalized spacial score (nSPS) is 24.7. The first-order valence-corrected chi connectivity index (χ1v) is 4.38. The molecule has 0 aromatic carbocycles. The zero-order valence-electron chi connectivity index (χ0n) is 8.19. The quantitative estimate of drug-likeness (QED) is 0.640. The lowest BCUT2D eigenvalue weighted by Gasteiger charge is -2.07. The summed E-state index contributed by atoms with van der Waals surface area (Å²) in [5, 5.41) is 0. The van der Waals surface area contributed by atoms with E-state index in [2.05, 4.69) is 4.98 Å². The highest BCUT2D eigenvalue weighted by Gasteiger charge is 2.39. The van der Waals surface area contributed by atoms with Crippen LogP contribution >= 0.6 is 0 Å². The first-order chi connectivity index (χ1) is 6.63. The molecular weight excluding hydrogens is 184 g/mol. The van der Waals surface area contributed by atoms with E-state index in [0.717, 1.165) is 0 Å². The van der Waals surface area contributed by atoms with Crippen LogP contribution in [-0.4, -0.2) is 28.9 Å². The van der Waals surface area contributed by atoms with Crippen LogP contribution in [0.25, 0.3) is 0 Å². The van der Waals surface area contributed by atoms with Crippen molar-refractivity contribution in [2.45, 2.75) is 19.1 Å². The fourth-order valence-electron chi connectivity index (χ4n) is 1.22. The molecule has 2 rings (SSSR count). The summed E-state index contributed by atoms with van der Waals surface area (Å²) >= 11 is 0. The first-order valence-electron chi connectivity index (χ1n) is 4.38. The maximum absolute atomic E-state index is 11.4. The molecule has 2 heterocycles. The third-order valence-electron chi connectivity index (χ3n) is 2.20. The zero-order chi connectivity index (χ0) is 10.2. The van der Waals surface area contributed by atoms with Gasteiger partial charge in [-0.25, -0.2) is 4.79 Å². The maximum Gasteiger partial charge on any atom is 0.350 e. The number of epoxide rings is 1. The van der Waals surface area contributed by atoms with Crippen LogP contribution in [0, 0.1) is 0 Å². The number of nitrogens with zero attached hydrogens (tertiary/aromatic N) is 2. The van der Waals surface area contributed by atoms with Crippen LogP contribution in [0.5, 0.6) is 5.88 Å². The number of rotatable bonds is 3. The standard InChI is InChI=1S/C9H12N2O3/c1-9(6-14-9)5-11-4-3-7(13-2)10-8(11)12/h3-4H,5-6H2,1-2H3/t9-/m1/s1. The topological polar surface area (TPSA) is 56.6 Å². The van der Waals surface area contributed by atoms with Gasteiger partial charge in [-0.15, -0.1) is 0 Å². The van der Waals surface area contributed by atoms with Gasteiger partial charge in [0.2, 0.25) is 5.88 Å². The van der Waals surface area contributed by atoms with Crippen molar-refractivity contribution in [2.75, 3.05) is 13.7 Å². The predicted octanol–water partition coefficient (Wildman–Crippen LogP) is 0.0408. The lowest BCUT2D eigenvalue weighted by atomic mass is 10.2. The van der Waals surface area contributed by atoms with E-state index in [1.165, 1.54) is 11.7 Å². The summed E-state index contributed by atoms with van der Waals surface area (Å²) in [6.07, 6.45) is 1.67. The highest BCUT2D eigenvalue weighted by molar-refractivity contribution is 5.06. The summed E-state index contributed by atoms with van der Waals surface area (Å²) in [6.45, 7) is 3.21. The molecular formula is C9H12N2O3. The van der Waals surface area contributed by atoms with Gasteiger partial charge < -0.3 is 9.47 Å². The average Bonchev–Trinajstić information content (AvgIpc) is 2.88. The highest BCUT2D eigenvalue weighted by Crippen LogP contribution is 2.27. The van der Waals surface area contributed by atoms with E-state index in [-0.39, 0.29) is 11.3 Å². The molecule has 0 bridgehead atoms. The van der Waals surface area contributed by atoms with E-state index < -0.39 is 0 Å². The first kappa shape index (κ1) is 9.21. The zero-order valence-corrected chi connectivity index (χ0v) is 8.19. The van der Waals surface area contributed by atoms with Crippen LogP contribution in [0.15, 0.2) is 17.1 Å². The molecule has 1 aliphatic heterocycles. The SMILES string of the molecule is COc1ccn(C[C@]2(C)CO2)c(=O)n1. The van der Waals surface area contributed by atoms with Crippen molar-refractivity contribution in [3.05, 3.63) is 22.7 Å². The van der Waals surface area contributed by atoms with Crippen molar-refractivity contribution in [1.29, 1.82) is 0 Å². The largest absolute Gasteiger partial charge is 0.481 e. The number of hydrogen-bond acceptors (Lipinski definition) is 4. The van der Waals surface area contributed by atoms with Gasteiger partial charge in [0.15, 0.2) is 0 Å². The highest BCUT2D eigenvalue weighted by atomic mass is 16.6. The number of methoxy groups -OCH3 is 1. The van der Waals surface area contributed by atoms with Gasteiger partial charge in [0.1, 0.15) is 5.60 Å². The fraction of sp³-hybridized carbons (Fsp3) is 0.556. The Labute approximate surface area is 81.3 Å². The Morgan fingerprint density at radius 3 is 3.00 bits per heavy atom. The average molecular weight is 196 g/mol. The Kier molecular flexibility index (Phi) is 2.03. The Balaban J connectivity index is 2.22. The molecule has 14 heavy (non-hydrogen) atoms. The van der Waals surface area contributed by atoms with Crippen LogP contribution < -0.4 is 10.4 Å². The smallest absolute Gasteiger partial charge is 0.350 e. The second-order valence-electron chi connectivity index (χ2n) is 3.62. The molecule has 76 valence electrons. The molecule has 1 fully saturated rings. The molecule has 0 N–H and O–H groups in total. The monoisotopic (exact) mass is 196 g/mol. The molecule has 0 saturated carbocycles. The summed E-state index contributed by atoms with van der Waals surface area (Å²) < 4.78 is 11.6. The second-order valence-corrected chi connectivity index (χ2v) is 3.62. The van der Waals surface area contributed by atoms with Crippen molar-refractivity contribution in [3.63, 3.8) is 0 Å². The van der Waals surface area contributed by atoms with Crippen molar-refractivity contribution in [3.8, 4) is 5.88 Å². The van der Waals surface area contributed by atoms with E-state index in [1.54, 1.807) is 12.3 Å². The van der Waals surface area contributed by atoms with Crippen molar-refractivity contribution in [1.82, 2.24) is 9.55 Å². The minimum absolute atomic E-state index is 0.180. The fourth-order valence-corrected chi connectivity index (χ4v) is 1.22. The van der Waals surface area contributed by atoms with Crippen LogP contribution in [0.2, 0.25) is 0 Å². The van der Waals surface area contributed by atoms with Gasteiger partial charge in [0, 0.05) is 12.3 Å². The van der Waals surface area contributed by atoms with Crippen molar-refractivity contribution < 1.29 is 9.47 Å². The van der Waals surface area contributed by atoms with Gasteiger partial charge in [-0.2, -0.15) is 4.98 Å². The second kappa shape index (κ2) is 3.09. The lowest BCUT2D eigenvalue weighted by molar-refractivity contribution is 0.289. The van der Waals surface area contributed by atoms with Gasteiger partial charge in [0.05, 0.1) is 20.3 Å². The molecule has 0 aliphatic carbocycles. The lowest BCUT2D eigenvalue weighted by Crippen LogP contribution is -2.28. The van der Waals surface area contributed by atoms with Crippen molar-refractivity contribution in [2.24, 2.45) is 0 Å². The molecule has 1 saturated heterocycles. The van der Waals surface area contributed by atoms with Gasteiger partial charge in [-0.3, -0.25) is 4.57 Å². The molecule has 0 spiro atoms. The van der Waals surface area contributed by atoms with E-state index in [1.807, 2.05) is 6.92 Å². The van der Waals surface area contributed by atoms with E-state index in [4.69, 9.17) is 9.47 Å². The van der Waals surface area contributed by atoms with Crippen molar-refractivity contribution >= 4 is 0 Å². The molecule has 1 aliphatic rings.